The van der Waals surface area contributed by atoms with Crippen LogP contribution in [0.1, 0.15) is 5.82 Å². The van der Waals surface area contributed by atoms with E-state index in [1.54, 1.807) is 0 Å². The van der Waals surface area contributed by atoms with Crippen LogP contribution in [0.25, 0.3) is 11.0 Å². The molecule has 11 heavy (non-hydrogen) atoms. The van der Waals surface area contributed by atoms with Gasteiger partial charge in [-0.2, -0.15) is 0 Å². The van der Waals surface area contributed by atoms with Gasteiger partial charge in [0.05, 0.1) is 11.3 Å². The second-order valence-electron chi connectivity index (χ2n) is 2.52. The second kappa shape index (κ2) is 2.37. The molecule has 3 heteroatoms. The average Bonchev–Trinajstić information content (AvgIpc) is 2.30. The van der Waals surface area contributed by atoms with Crippen LogP contribution in [0.5, 0.6) is 0 Å². The highest BCUT2D eigenvalue weighted by Gasteiger charge is 1.98. The molecule has 0 atom stereocenters. The number of imidazole rings is 1. The summed E-state index contributed by atoms with van der Waals surface area (Å²) in [6.07, 6.45) is 0. The lowest BCUT2D eigenvalue weighted by molar-refractivity contribution is 1.10. The van der Waals surface area contributed by atoms with Crippen LogP contribution >= 0.6 is 0 Å². The third-order valence-corrected chi connectivity index (χ3v) is 2.42. The van der Waals surface area contributed by atoms with Gasteiger partial charge in [-0.05, 0) is 19.1 Å². The highest BCUT2D eigenvalue weighted by atomic mass is 27.1. The van der Waals surface area contributed by atoms with E-state index in [2.05, 4.69) is 27.6 Å². The van der Waals surface area contributed by atoms with Gasteiger partial charge < -0.3 is 3.55 Å². The van der Waals surface area contributed by atoms with Crippen molar-refractivity contribution in [2.75, 3.05) is 0 Å². The summed E-state index contributed by atoms with van der Waals surface area (Å²) in [4.78, 5) is 4.35. The number of benzene rings is 1. The highest BCUT2D eigenvalue weighted by molar-refractivity contribution is 6.11. The fraction of sp³-hybridized carbons (Fsp3) is 0.125. The summed E-state index contributed by atoms with van der Waals surface area (Å²) >= 11 is 2.64. The van der Waals surface area contributed by atoms with Gasteiger partial charge >= 0.3 is 16.5 Å². The van der Waals surface area contributed by atoms with Crippen LogP contribution in [-0.2, 0) is 0 Å². The minimum atomic E-state index is 1.02. The van der Waals surface area contributed by atoms with Gasteiger partial charge in [0.1, 0.15) is 0 Å². The van der Waals surface area contributed by atoms with E-state index < -0.39 is 0 Å². The number of fused-ring (bicyclic) bond motifs is 1. The predicted molar refractivity (Wildman–Crippen MR) is 45.6 cm³/mol. The van der Waals surface area contributed by atoms with E-state index in [1.165, 1.54) is 0 Å². The molecule has 0 amide bonds. The molecule has 2 nitrogen and oxygen atoms in total. The zero-order valence-electron chi connectivity index (χ0n) is 6.28. The number of aryl methyl sites for hydroxylation is 1. The summed E-state index contributed by atoms with van der Waals surface area (Å²) in [5, 5.41) is 0. The van der Waals surface area contributed by atoms with Crippen molar-refractivity contribution in [1.82, 2.24) is 8.53 Å². The molecule has 0 saturated heterocycles. The first kappa shape index (κ1) is 6.90. The molecule has 52 valence electrons. The molecule has 0 saturated carbocycles. The van der Waals surface area contributed by atoms with Crippen LogP contribution in [0.15, 0.2) is 24.3 Å². The van der Waals surface area contributed by atoms with Gasteiger partial charge in [-0.15, -0.1) is 0 Å². The van der Waals surface area contributed by atoms with E-state index in [4.69, 9.17) is 0 Å². The van der Waals surface area contributed by atoms with Crippen molar-refractivity contribution >= 4 is 27.5 Å². The van der Waals surface area contributed by atoms with Crippen molar-refractivity contribution in [1.29, 1.82) is 0 Å². The SMILES string of the molecule is Cc1nc2ccccc2[n]1[Al]. The molecule has 0 aliphatic carbocycles. The van der Waals surface area contributed by atoms with Crippen LogP contribution in [0, 0.1) is 6.92 Å². The molecule has 2 rings (SSSR count). The second-order valence-corrected chi connectivity index (χ2v) is 3.03. The van der Waals surface area contributed by atoms with Crippen molar-refractivity contribution in [3.8, 4) is 0 Å². The maximum atomic E-state index is 4.35. The molecule has 2 radical (unpaired) electrons. The number of aromatic nitrogens is 2. The first-order valence-corrected chi connectivity index (χ1v) is 4.00. The molecule has 2 aromatic rings. The Morgan fingerprint density at radius 3 is 2.82 bits per heavy atom. The van der Waals surface area contributed by atoms with Crippen LogP contribution in [0.3, 0.4) is 0 Å². The van der Waals surface area contributed by atoms with Crippen molar-refractivity contribution in [2.24, 2.45) is 0 Å². The Hall–Kier alpha value is -0.778. The van der Waals surface area contributed by atoms with Gasteiger partial charge in [0, 0.05) is 5.52 Å². The molecule has 0 bridgehead atoms. The smallest absolute Gasteiger partial charge is 0.320 e. The largest absolute Gasteiger partial charge is 0.440 e. The molecule has 0 aliphatic rings. The average molecular weight is 158 g/mol. The number of nitrogens with zero attached hydrogens (tertiary/aromatic N) is 2. The third kappa shape index (κ3) is 0.974. The topological polar surface area (TPSA) is 17.8 Å². The molecule has 1 aromatic carbocycles. The van der Waals surface area contributed by atoms with Crippen molar-refractivity contribution in [3.05, 3.63) is 30.1 Å². The fourth-order valence-electron chi connectivity index (χ4n) is 1.16. The third-order valence-electron chi connectivity index (χ3n) is 1.77. The molecule has 1 heterocycles. The summed E-state index contributed by atoms with van der Waals surface area (Å²) in [6.45, 7) is 1.99. The summed E-state index contributed by atoms with van der Waals surface area (Å²) in [5.41, 5.74) is 2.22. The van der Waals surface area contributed by atoms with Crippen molar-refractivity contribution in [2.45, 2.75) is 6.92 Å². The summed E-state index contributed by atoms with van der Waals surface area (Å²) in [5.74, 6) is 1.02. The predicted octanol–water partition coefficient (Wildman–Crippen LogP) is 1.28. The van der Waals surface area contributed by atoms with Gasteiger partial charge in [-0.3, -0.25) is 0 Å². The van der Waals surface area contributed by atoms with Gasteiger partial charge in [0.15, 0.2) is 0 Å². The molecule has 0 unspecified atom stereocenters. The molecule has 0 N–H and O–H groups in total. The molecule has 0 spiro atoms. The number of hydrogen-bond acceptors (Lipinski definition) is 1. The Labute approximate surface area is 73.5 Å². The lowest BCUT2D eigenvalue weighted by atomic mass is 10.3. The quantitative estimate of drug-likeness (QED) is 0.528. The monoisotopic (exact) mass is 158 g/mol. The lowest BCUT2D eigenvalue weighted by Crippen LogP contribution is -1.92. The van der Waals surface area contributed by atoms with E-state index in [-0.39, 0.29) is 0 Å². The van der Waals surface area contributed by atoms with Crippen LogP contribution in [-0.4, -0.2) is 25.0 Å². The van der Waals surface area contributed by atoms with E-state index >= 15 is 0 Å². The zero-order chi connectivity index (χ0) is 7.84. The van der Waals surface area contributed by atoms with E-state index in [0.29, 0.717) is 0 Å². The Morgan fingerprint density at radius 1 is 1.36 bits per heavy atom. The summed E-state index contributed by atoms with van der Waals surface area (Å²) in [6, 6.07) is 8.09. The van der Waals surface area contributed by atoms with Crippen LogP contribution in [0.2, 0.25) is 0 Å². The molecule has 0 fully saturated rings. The summed E-state index contributed by atoms with van der Waals surface area (Å²) < 4.78 is 2.01. The van der Waals surface area contributed by atoms with Gasteiger partial charge in [-0.25, -0.2) is 4.98 Å². The van der Waals surface area contributed by atoms with Gasteiger partial charge in [-0.1, -0.05) is 12.1 Å². The van der Waals surface area contributed by atoms with E-state index in [0.717, 1.165) is 16.9 Å². The highest BCUT2D eigenvalue weighted by Crippen LogP contribution is 2.12. The van der Waals surface area contributed by atoms with Crippen molar-refractivity contribution in [3.63, 3.8) is 0 Å². The minimum Gasteiger partial charge on any atom is -0.440 e. The zero-order valence-corrected chi connectivity index (χ0v) is 7.44. The fourth-order valence-corrected chi connectivity index (χ4v) is 1.44. The normalized spacial score (nSPS) is 10.6. The molecular formula is C8H7AlN2. The van der Waals surface area contributed by atoms with Crippen LogP contribution < -0.4 is 0 Å². The molecular weight excluding hydrogens is 151 g/mol. The molecule has 0 aliphatic heterocycles. The Bertz CT molecular complexity index is 392. The Balaban J connectivity index is 2.92. The maximum absolute atomic E-state index is 4.35. The lowest BCUT2D eigenvalue weighted by Gasteiger charge is -1.96. The van der Waals surface area contributed by atoms with E-state index in [9.17, 15) is 0 Å². The first-order valence-electron chi connectivity index (χ1n) is 3.48. The maximum Gasteiger partial charge on any atom is 0.320 e. The summed E-state index contributed by atoms with van der Waals surface area (Å²) in [7, 11) is 0. The number of rotatable bonds is 0. The number of para-hydroxylation sites is 2. The minimum absolute atomic E-state index is 1.02. The standard InChI is InChI=1S/C8H7N2.Al/c1-6-9-7-4-2-3-5-8(7)10-6;/h2-5H,1H3;/q-1;+1. The van der Waals surface area contributed by atoms with Crippen molar-refractivity contribution < 1.29 is 0 Å². The Kier molecular flexibility index (Phi) is 1.49. The van der Waals surface area contributed by atoms with Gasteiger partial charge in [0.2, 0.25) is 0 Å². The van der Waals surface area contributed by atoms with E-state index in [1.807, 2.05) is 28.7 Å². The number of hydrogen-bond donors (Lipinski definition) is 0. The first-order chi connectivity index (χ1) is 5.29. The van der Waals surface area contributed by atoms with Crippen LogP contribution in [0.4, 0.5) is 0 Å². The molecule has 1 aromatic heterocycles. The Morgan fingerprint density at radius 2 is 2.09 bits per heavy atom. The van der Waals surface area contributed by atoms with Gasteiger partial charge in [0.25, 0.3) is 0 Å².